The molecule has 1 amide bonds. The van der Waals surface area contributed by atoms with Crippen molar-refractivity contribution >= 4 is 28.9 Å². The van der Waals surface area contributed by atoms with Crippen molar-refractivity contribution in [3.05, 3.63) is 82.1 Å². The average molecular weight is 396 g/mol. The Morgan fingerprint density at radius 3 is 2.54 bits per heavy atom. The molecule has 6 heteroatoms. The fraction of sp³-hybridized carbons (Fsp3) is 0.182. The molecule has 2 N–H and O–H groups in total. The lowest BCUT2D eigenvalue weighted by atomic mass is 10.1. The van der Waals surface area contributed by atoms with Gasteiger partial charge in [0.25, 0.3) is 5.91 Å². The molecule has 0 aliphatic carbocycles. The van der Waals surface area contributed by atoms with Gasteiger partial charge in [0.15, 0.2) is 0 Å². The van der Waals surface area contributed by atoms with Gasteiger partial charge in [0.2, 0.25) is 0 Å². The normalized spacial score (nSPS) is 10.4. The maximum atomic E-state index is 12.6. The molecule has 2 aromatic carbocycles. The number of methoxy groups -OCH3 is 1. The highest BCUT2D eigenvalue weighted by Crippen LogP contribution is 2.27. The summed E-state index contributed by atoms with van der Waals surface area (Å²) in [6.45, 7) is 4.50. The van der Waals surface area contributed by atoms with E-state index in [1.54, 1.807) is 19.4 Å². The highest BCUT2D eigenvalue weighted by atomic mass is 35.5. The standard InChI is InChI=1S/C22H22ClN3O2/c1-14-10-15(2)21(19(23)11-14)26-22(27)20-12-17(8-9-24-20)25-13-16-4-6-18(28-3)7-5-16/h4-12H,13H2,1-3H3,(H,24,25)(H,26,27). The predicted octanol–water partition coefficient (Wildman–Crippen LogP) is 5.22. The number of halogens is 1. The van der Waals surface area contributed by atoms with Crippen LogP contribution in [0.5, 0.6) is 5.75 Å². The molecule has 0 saturated carbocycles. The van der Waals surface area contributed by atoms with Gasteiger partial charge in [-0.3, -0.25) is 9.78 Å². The second kappa shape index (κ2) is 8.76. The third-order valence-electron chi connectivity index (χ3n) is 4.32. The smallest absolute Gasteiger partial charge is 0.274 e. The molecule has 0 saturated heterocycles. The van der Waals surface area contributed by atoms with Crippen molar-refractivity contribution in [3.63, 3.8) is 0 Å². The van der Waals surface area contributed by atoms with E-state index in [0.29, 0.717) is 22.9 Å². The number of carbonyl (C=O) groups excluding carboxylic acids is 1. The van der Waals surface area contributed by atoms with Crippen LogP contribution in [-0.2, 0) is 6.54 Å². The summed E-state index contributed by atoms with van der Waals surface area (Å²) in [6.07, 6.45) is 1.61. The Bertz CT molecular complexity index is 964. The first-order chi connectivity index (χ1) is 13.5. The summed E-state index contributed by atoms with van der Waals surface area (Å²) in [5.41, 5.74) is 4.79. The molecule has 0 radical (unpaired) electrons. The Morgan fingerprint density at radius 2 is 1.86 bits per heavy atom. The van der Waals surface area contributed by atoms with Gasteiger partial charge < -0.3 is 15.4 Å². The van der Waals surface area contributed by atoms with Crippen molar-refractivity contribution in [2.24, 2.45) is 0 Å². The van der Waals surface area contributed by atoms with Gasteiger partial charge in [0.1, 0.15) is 11.4 Å². The van der Waals surface area contributed by atoms with E-state index in [-0.39, 0.29) is 5.91 Å². The molecule has 1 heterocycles. The first-order valence-corrected chi connectivity index (χ1v) is 9.25. The number of hydrogen-bond donors (Lipinski definition) is 2. The zero-order valence-electron chi connectivity index (χ0n) is 16.0. The molecule has 3 aromatic rings. The van der Waals surface area contributed by atoms with Crippen LogP contribution in [0.25, 0.3) is 0 Å². The predicted molar refractivity (Wildman–Crippen MR) is 113 cm³/mol. The number of rotatable bonds is 6. The minimum Gasteiger partial charge on any atom is -0.497 e. The molecule has 1 aromatic heterocycles. The average Bonchev–Trinajstić information content (AvgIpc) is 2.69. The Balaban J connectivity index is 1.69. The van der Waals surface area contributed by atoms with Gasteiger partial charge in [-0.15, -0.1) is 0 Å². The summed E-state index contributed by atoms with van der Waals surface area (Å²) < 4.78 is 5.16. The number of carbonyl (C=O) groups is 1. The van der Waals surface area contributed by atoms with Gasteiger partial charge in [-0.1, -0.05) is 29.8 Å². The maximum absolute atomic E-state index is 12.6. The van der Waals surface area contributed by atoms with Gasteiger partial charge in [0, 0.05) is 18.4 Å². The quantitative estimate of drug-likeness (QED) is 0.600. The Kier molecular flexibility index (Phi) is 6.16. The number of aryl methyl sites for hydroxylation is 2. The molecule has 0 unspecified atom stereocenters. The third-order valence-corrected chi connectivity index (χ3v) is 4.62. The molecule has 3 rings (SSSR count). The van der Waals surface area contributed by atoms with Gasteiger partial charge in [-0.25, -0.2) is 0 Å². The molecule has 0 atom stereocenters. The summed E-state index contributed by atoms with van der Waals surface area (Å²) in [7, 11) is 1.64. The van der Waals surface area contributed by atoms with Gasteiger partial charge in [-0.2, -0.15) is 0 Å². The summed E-state index contributed by atoms with van der Waals surface area (Å²) in [4.78, 5) is 16.8. The van der Waals surface area contributed by atoms with Crippen LogP contribution < -0.4 is 15.4 Å². The zero-order chi connectivity index (χ0) is 20.1. The molecular formula is C22H22ClN3O2. The number of nitrogens with zero attached hydrogens (tertiary/aromatic N) is 1. The molecule has 0 fully saturated rings. The number of hydrogen-bond acceptors (Lipinski definition) is 4. The van der Waals surface area contributed by atoms with Crippen molar-refractivity contribution in [1.29, 1.82) is 0 Å². The van der Waals surface area contributed by atoms with Crippen molar-refractivity contribution < 1.29 is 9.53 Å². The Morgan fingerprint density at radius 1 is 1.11 bits per heavy atom. The molecule has 28 heavy (non-hydrogen) atoms. The maximum Gasteiger partial charge on any atom is 0.274 e. The summed E-state index contributed by atoms with van der Waals surface area (Å²) >= 11 is 6.28. The molecule has 0 spiro atoms. The van der Waals surface area contributed by atoms with Crippen molar-refractivity contribution in [2.75, 3.05) is 17.7 Å². The second-order valence-corrected chi connectivity index (χ2v) is 6.93. The van der Waals surface area contributed by atoms with Crippen LogP contribution in [-0.4, -0.2) is 18.0 Å². The molecule has 144 valence electrons. The number of aromatic nitrogens is 1. The topological polar surface area (TPSA) is 63.2 Å². The Hall–Kier alpha value is -3.05. The number of nitrogens with one attached hydrogen (secondary N) is 2. The van der Waals surface area contributed by atoms with Crippen molar-refractivity contribution in [3.8, 4) is 5.75 Å². The summed E-state index contributed by atoms with van der Waals surface area (Å²) in [6, 6.07) is 15.1. The second-order valence-electron chi connectivity index (χ2n) is 6.52. The van der Waals surface area contributed by atoms with E-state index in [1.165, 1.54) is 0 Å². The van der Waals surface area contributed by atoms with Crippen LogP contribution in [0.15, 0.2) is 54.7 Å². The van der Waals surface area contributed by atoms with E-state index in [9.17, 15) is 4.79 Å². The number of ether oxygens (including phenoxy) is 1. The van der Waals surface area contributed by atoms with Crippen LogP contribution in [0.2, 0.25) is 5.02 Å². The number of benzene rings is 2. The van der Waals surface area contributed by atoms with Crippen molar-refractivity contribution in [1.82, 2.24) is 4.98 Å². The van der Waals surface area contributed by atoms with Gasteiger partial charge in [0.05, 0.1) is 17.8 Å². The van der Waals surface area contributed by atoms with Crippen LogP contribution in [0.1, 0.15) is 27.2 Å². The number of anilines is 2. The minimum absolute atomic E-state index is 0.304. The lowest BCUT2D eigenvalue weighted by Crippen LogP contribution is -2.15. The van der Waals surface area contributed by atoms with Crippen molar-refractivity contribution in [2.45, 2.75) is 20.4 Å². The van der Waals surface area contributed by atoms with E-state index in [2.05, 4.69) is 15.6 Å². The molecule has 0 bridgehead atoms. The monoisotopic (exact) mass is 395 g/mol. The molecule has 5 nitrogen and oxygen atoms in total. The molecule has 0 aliphatic rings. The minimum atomic E-state index is -0.304. The number of amides is 1. The lowest BCUT2D eigenvalue weighted by Gasteiger charge is -2.12. The van der Waals surface area contributed by atoms with Crippen LogP contribution in [0, 0.1) is 13.8 Å². The van der Waals surface area contributed by atoms with Crippen LogP contribution in [0.3, 0.4) is 0 Å². The fourth-order valence-electron chi connectivity index (χ4n) is 2.86. The van der Waals surface area contributed by atoms with E-state index in [0.717, 1.165) is 28.1 Å². The van der Waals surface area contributed by atoms with Gasteiger partial charge in [-0.05, 0) is 60.9 Å². The van der Waals surface area contributed by atoms with E-state index in [1.807, 2.05) is 56.3 Å². The lowest BCUT2D eigenvalue weighted by molar-refractivity contribution is 0.102. The van der Waals surface area contributed by atoms with E-state index >= 15 is 0 Å². The summed E-state index contributed by atoms with van der Waals surface area (Å²) in [5, 5.41) is 6.68. The van der Waals surface area contributed by atoms with Gasteiger partial charge >= 0.3 is 0 Å². The van der Waals surface area contributed by atoms with E-state index < -0.39 is 0 Å². The highest BCUT2D eigenvalue weighted by molar-refractivity contribution is 6.34. The number of pyridine rings is 1. The molecular weight excluding hydrogens is 374 g/mol. The third kappa shape index (κ3) is 4.81. The van der Waals surface area contributed by atoms with Crippen LogP contribution >= 0.6 is 11.6 Å². The largest absolute Gasteiger partial charge is 0.497 e. The first-order valence-electron chi connectivity index (χ1n) is 8.87. The van der Waals surface area contributed by atoms with E-state index in [4.69, 9.17) is 16.3 Å². The summed E-state index contributed by atoms with van der Waals surface area (Å²) in [5.74, 6) is 0.513. The zero-order valence-corrected chi connectivity index (χ0v) is 16.8. The molecule has 0 aliphatic heterocycles. The first kappa shape index (κ1) is 19.7. The fourth-order valence-corrected chi connectivity index (χ4v) is 3.23. The SMILES string of the molecule is COc1ccc(CNc2ccnc(C(=O)Nc3c(C)cc(C)cc3Cl)c2)cc1. The Labute approximate surface area is 169 Å². The van der Waals surface area contributed by atoms with Crippen LogP contribution in [0.4, 0.5) is 11.4 Å². The highest BCUT2D eigenvalue weighted by Gasteiger charge is 2.13.